The molecule has 0 radical (unpaired) electrons. The summed E-state index contributed by atoms with van der Waals surface area (Å²) < 4.78 is 1.80. The van der Waals surface area contributed by atoms with Gasteiger partial charge in [-0.1, -0.05) is 0 Å². The zero-order chi connectivity index (χ0) is 12.4. The second kappa shape index (κ2) is 5.14. The summed E-state index contributed by atoms with van der Waals surface area (Å²) >= 11 is 5.90. The molecular weight excluding hydrogens is 248 g/mol. The van der Waals surface area contributed by atoms with Gasteiger partial charge in [-0.25, -0.2) is 9.50 Å². The Morgan fingerprint density at radius 1 is 1.33 bits per heavy atom. The van der Waals surface area contributed by atoms with Gasteiger partial charge < -0.3 is 4.90 Å². The number of aromatic nitrogens is 3. The number of anilines is 1. The van der Waals surface area contributed by atoms with E-state index in [9.17, 15) is 0 Å². The molecule has 1 fully saturated rings. The quantitative estimate of drug-likeness (QED) is 0.800. The fourth-order valence-electron chi connectivity index (χ4n) is 2.69. The van der Waals surface area contributed by atoms with Gasteiger partial charge in [0.2, 0.25) is 0 Å². The van der Waals surface area contributed by atoms with Crippen LogP contribution < -0.4 is 4.90 Å². The van der Waals surface area contributed by atoms with Crippen molar-refractivity contribution in [3.63, 3.8) is 0 Å². The van der Waals surface area contributed by atoms with E-state index in [4.69, 9.17) is 11.6 Å². The first-order valence-corrected chi connectivity index (χ1v) is 7.05. The predicted molar refractivity (Wildman–Crippen MR) is 73.3 cm³/mol. The zero-order valence-corrected chi connectivity index (χ0v) is 11.1. The van der Waals surface area contributed by atoms with Gasteiger partial charge in [0.1, 0.15) is 5.82 Å². The van der Waals surface area contributed by atoms with Gasteiger partial charge in [0.25, 0.3) is 0 Å². The van der Waals surface area contributed by atoms with E-state index in [1.807, 2.05) is 18.3 Å². The molecule has 5 heteroatoms. The molecule has 18 heavy (non-hydrogen) atoms. The van der Waals surface area contributed by atoms with Crippen molar-refractivity contribution in [2.75, 3.05) is 17.3 Å². The number of piperidine rings is 1. The molecule has 1 aliphatic rings. The number of rotatable bonds is 3. The highest BCUT2D eigenvalue weighted by molar-refractivity contribution is 6.17. The summed E-state index contributed by atoms with van der Waals surface area (Å²) in [5.41, 5.74) is 0.905. The summed E-state index contributed by atoms with van der Waals surface area (Å²) in [4.78, 5) is 7.08. The third-order valence-electron chi connectivity index (χ3n) is 3.61. The molecule has 3 heterocycles. The highest BCUT2D eigenvalue weighted by atomic mass is 35.5. The molecule has 0 N–H and O–H groups in total. The molecule has 3 rings (SSSR count). The van der Waals surface area contributed by atoms with Crippen molar-refractivity contribution in [1.82, 2.24) is 14.6 Å². The number of alkyl halides is 1. The van der Waals surface area contributed by atoms with Crippen LogP contribution >= 0.6 is 11.6 Å². The van der Waals surface area contributed by atoms with Crippen molar-refractivity contribution >= 4 is 23.1 Å². The summed E-state index contributed by atoms with van der Waals surface area (Å²) in [6.07, 6.45) is 8.55. The van der Waals surface area contributed by atoms with Crippen LogP contribution in [-0.2, 0) is 0 Å². The van der Waals surface area contributed by atoms with Crippen LogP contribution in [0.15, 0.2) is 24.5 Å². The Morgan fingerprint density at radius 2 is 2.28 bits per heavy atom. The average Bonchev–Trinajstić information content (AvgIpc) is 2.87. The van der Waals surface area contributed by atoms with E-state index in [0.29, 0.717) is 6.04 Å². The second-order valence-electron chi connectivity index (χ2n) is 4.74. The number of nitrogens with zero attached hydrogens (tertiary/aromatic N) is 4. The van der Waals surface area contributed by atoms with Crippen LogP contribution in [0.1, 0.15) is 25.7 Å². The minimum absolute atomic E-state index is 0.536. The molecule has 0 amide bonds. The minimum Gasteiger partial charge on any atom is -0.353 e. The second-order valence-corrected chi connectivity index (χ2v) is 5.12. The van der Waals surface area contributed by atoms with Crippen molar-refractivity contribution < 1.29 is 0 Å². The number of fused-ring (bicyclic) bond motifs is 1. The maximum Gasteiger partial charge on any atom is 0.157 e. The van der Waals surface area contributed by atoms with Crippen molar-refractivity contribution in [2.45, 2.75) is 31.7 Å². The van der Waals surface area contributed by atoms with Crippen molar-refractivity contribution in [3.8, 4) is 0 Å². The molecule has 1 saturated heterocycles. The van der Waals surface area contributed by atoms with Gasteiger partial charge in [-0.15, -0.1) is 11.6 Å². The maximum atomic E-state index is 5.90. The molecule has 2 aromatic heterocycles. The van der Waals surface area contributed by atoms with Gasteiger partial charge in [-0.2, -0.15) is 5.10 Å². The number of hydrogen-bond acceptors (Lipinski definition) is 3. The molecule has 1 atom stereocenters. The minimum atomic E-state index is 0.536. The van der Waals surface area contributed by atoms with Crippen molar-refractivity contribution in [1.29, 1.82) is 0 Å². The molecule has 0 aliphatic carbocycles. The summed E-state index contributed by atoms with van der Waals surface area (Å²) in [5, 5.41) is 4.17. The Hall–Kier alpha value is -1.29. The topological polar surface area (TPSA) is 33.4 Å². The van der Waals surface area contributed by atoms with E-state index in [1.54, 1.807) is 10.7 Å². The average molecular weight is 265 g/mol. The molecule has 0 spiro atoms. The van der Waals surface area contributed by atoms with Crippen LogP contribution in [0, 0.1) is 0 Å². The van der Waals surface area contributed by atoms with Gasteiger partial charge >= 0.3 is 0 Å². The molecule has 4 nitrogen and oxygen atoms in total. The summed E-state index contributed by atoms with van der Waals surface area (Å²) in [7, 11) is 0. The third-order valence-corrected chi connectivity index (χ3v) is 3.83. The first-order valence-electron chi connectivity index (χ1n) is 6.51. The highest BCUT2D eigenvalue weighted by Gasteiger charge is 2.23. The lowest BCUT2D eigenvalue weighted by atomic mass is 10.00. The van der Waals surface area contributed by atoms with E-state index in [2.05, 4.69) is 15.0 Å². The van der Waals surface area contributed by atoms with Gasteiger partial charge in [-0.05, 0) is 31.7 Å². The molecule has 0 saturated carbocycles. The molecular formula is C13H17ClN4. The third kappa shape index (κ3) is 2.17. The fourth-order valence-corrected chi connectivity index (χ4v) is 2.94. The lowest BCUT2D eigenvalue weighted by Crippen LogP contribution is -2.40. The Kier molecular flexibility index (Phi) is 3.37. The Morgan fingerprint density at radius 3 is 3.17 bits per heavy atom. The van der Waals surface area contributed by atoms with E-state index >= 15 is 0 Å². The van der Waals surface area contributed by atoms with Crippen LogP contribution in [0.5, 0.6) is 0 Å². The molecule has 0 aromatic carbocycles. The highest BCUT2D eigenvalue weighted by Crippen LogP contribution is 2.25. The summed E-state index contributed by atoms with van der Waals surface area (Å²) in [5.74, 6) is 1.77. The first kappa shape index (κ1) is 11.8. The van der Waals surface area contributed by atoms with E-state index in [0.717, 1.165) is 30.3 Å². The largest absolute Gasteiger partial charge is 0.353 e. The number of halogens is 1. The lowest BCUT2D eigenvalue weighted by molar-refractivity contribution is 0.448. The van der Waals surface area contributed by atoms with Crippen molar-refractivity contribution in [3.05, 3.63) is 24.5 Å². The van der Waals surface area contributed by atoms with Gasteiger partial charge in [0.05, 0.1) is 6.20 Å². The van der Waals surface area contributed by atoms with Gasteiger partial charge in [-0.3, -0.25) is 0 Å². The van der Waals surface area contributed by atoms with Crippen LogP contribution in [0.2, 0.25) is 0 Å². The standard InChI is InChI=1S/C13H17ClN4/c14-7-4-11-3-1-2-9-17(11)12-6-10-18-13(16-12)5-8-15-18/h5-6,8,10-11H,1-4,7,9H2. The SMILES string of the molecule is ClCCC1CCCCN1c1ccn2nccc2n1. The number of hydrogen-bond donors (Lipinski definition) is 0. The molecule has 2 aromatic rings. The van der Waals surface area contributed by atoms with Crippen LogP contribution in [-0.4, -0.2) is 33.1 Å². The monoisotopic (exact) mass is 264 g/mol. The zero-order valence-electron chi connectivity index (χ0n) is 10.3. The van der Waals surface area contributed by atoms with Crippen LogP contribution in [0.4, 0.5) is 5.82 Å². The van der Waals surface area contributed by atoms with E-state index < -0.39 is 0 Å². The van der Waals surface area contributed by atoms with E-state index in [1.165, 1.54) is 19.3 Å². The van der Waals surface area contributed by atoms with Gasteiger partial charge in [0.15, 0.2) is 5.65 Å². The summed E-state index contributed by atoms with van der Waals surface area (Å²) in [6, 6.07) is 4.52. The predicted octanol–water partition coefficient (Wildman–Crippen LogP) is 2.72. The molecule has 0 bridgehead atoms. The Balaban J connectivity index is 1.90. The van der Waals surface area contributed by atoms with Crippen LogP contribution in [0.3, 0.4) is 0 Å². The maximum absolute atomic E-state index is 5.90. The molecule has 1 aliphatic heterocycles. The Bertz CT molecular complexity index is 522. The summed E-state index contributed by atoms with van der Waals surface area (Å²) in [6.45, 7) is 1.08. The van der Waals surface area contributed by atoms with Crippen molar-refractivity contribution in [2.24, 2.45) is 0 Å². The lowest BCUT2D eigenvalue weighted by Gasteiger charge is -2.36. The Labute approximate surface area is 112 Å². The van der Waals surface area contributed by atoms with E-state index in [-0.39, 0.29) is 0 Å². The fraction of sp³-hybridized carbons (Fsp3) is 0.538. The smallest absolute Gasteiger partial charge is 0.157 e. The normalized spacial score (nSPS) is 20.5. The van der Waals surface area contributed by atoms with Gasteiger partial charge in [0, 0.05) is 30.7 Å². The first-order chi connectivity index (χ1) is 8.88. The molecule has 96 valence electrons. The van der Waals surface area contributed by atoms with Crippen LogP contribution in [0.25, 0.3) is 5.65 Å². The molecule has 1 unspecified atom stereocenters.